The third-order valence-electron chi connectivity index (χ3n) is 9.47. The summed E-state index contributed by atoms with van der Waals surface area (Å²) in [5, 5.41) is 8.63. The number of benzene rings is 1. The number of nitrogens with two attached hydrogens (primary N) is 1. The number of para-hydroxylation sites is 1. The van der Waals surface area contributed by atoms with Gasteiger partial charge in [0.25, 0.3) is 5.91 Å². The lowest BCUT2D eigenvalue weighted by atomic mass is 9.55. The minimum absolute atomic E-state index is 0.0281. The summed E-state index contributed by atoms with van der Waals surface area (Å²) in [5.74, 6) is 2.45. The van der Waals surface area contributed by atoms with Gasteiger partial charge in [-0.25, -0.2) is 4.98 Å². The van der Waals surface area contributed by atoms with Crippen LogP contribution in [0.2, 0.25) is 0 Å². The number of carbonyl (C=O) groups excluding carboxylic acids is 3. The largest absolute Gasteiger partial charge is 0.508 e. The number of rotatable bonds is 9. The SMILES string of the molecule is CCC(=O)OC(C)CC12CC3CC4CC(C1)C4(C3)C2.COc1ccnc(C(N)=O)c1OCOC(C)=O.Oc1ccccc1. The summed E-state index contributed by atoms with van der Waals surface area (Å²) < 4.78 is 20.2. The van der Waals surface area contributed by atoms with Crippen molar-refractivity contribution in [3.8, 4) is 17.2 Å². The second-order valence-corrected chi connectivity index (χ2v) is 12.4. The lowest BCUT2D eigenvalue weighted by molar-refractivity contribution is -0.150. The van der Waals surface area contributed by atoms with E-state index >= 15 is 0 Å². The first-order chi connectivity index (χ1) is 20.5. The molecule has 3 bridgehead atoms. The van der Waals surface area contributed by atoms with Gasteiger partial charge in [-0.05, 0) is 92.6 Å². The van der Waals surface area contributed by atoms with E-state index in [1.54, 1.807) is 24.3 Å². The van der Waals surface area contributed by atoms with Gasteiger partial charge in [0.15, 0.2) is 17.2 Å². The Morgan fingerprint density at radius 2 is 1.84 bits per heavy atom. The van der Waals surface area contributed by atoms with Crippen LogP contribution in [-0.2, 0) is 19.1 Å². The second-order valence-electron chi connectivity index (χ2n) is 12.4. The molecule has 2 aromatic rings. The number of hydrogen-bond donors (Lipinski definition) is 2. The number of fused-ring (bicyclic) bond motifs is 2. The second kappa shape index (κ2) is 13.7. The maximum absolute atomic E-state index is 11.5. The maximum Gasteiger partial charge on any atom is 0.305 e. The van der Waals surface area contributed by atoms with Crippen LogP contribution in [-0.4, -0.2) is 47.9 Å². The molecular weight excluding hydrogens is 552 g/mol. The smallest absolute Gasteiger partial charge is 0.305 e. The van der Waals surface area contributed by atoms with Crippen LogP contribution in [0.1, 0.15) is 82.6 Å². The van der Waals surface area contributed by atoms with Crippen molar-refractivity contribution in [1.29, 1.82) is 0 Å². The molecule has 1 aromatic heterocycles. The van der Waals surface area contributed by atoms with E-state index in [2.05, 4.69) is 16.6 Å². The topological polar surface area (TPSA) is 147 Å². The number of methoxy groups -OCH3 is 1. The van der Waals surface area contributed by atoms with Gasteiger partial charge in [-0.15, -0.1) is 0 Å². The Labute approximate surface area is 253 Å². The van der Waals surface area contributed by atoms with Crippen molar-refractivity contribution in [1.82, 2.24) is 4.98 Å². The first-order valence-electron chi connectivity index (χ1n) is 15.0. The zero-order valence-corrected chi connectivity index (χ0v) is 25.5. The van der Waals surface area contributed by atoms with Gasteiger partial charge < -0.3 is 29.8 Å². The van der Waals surface area contributed by atoms with Crippen molar-refractivity contribution >= 4 is 17.8 Å². The fourth-order valence-corrected chi connectivity index (χ4v) is 8.24. The monoisotopic (exact) mass is 596 g/mol. The molecule has 4 aliphatic rings. The van der Waals surface area contributed by atoms with Gasteiger partial charge in [-0.2, -0.15) is 0 Å². The van der Waals surface area contributed by atoms with E-state index in [0.29, 0.717) is 17.6 Å². The highest BCUT2D eigenvalue weighted by atomic mass is 16.7. The zero-order valence-electron chi connectivity index (χ0n) is 25.5. The van der Waals surface area contributed by atoms with Crippen LogP contribution in [0.15, 0.2) is 42.6 Å². The lowest BCUT2D eigenvalue weighted by Crippen LogP contribution is -2.42. The third kappa shape index (κ3) is 7.40. The molecule has 10 heteroatoms. The molecule has 234 valence electrons. The van der Waals surface area contributed by atoms with E-state index in [0.717, 1.165) is 29.6 Å². The normalized spacial score (nSPS) is 27.6. The van der Waals surface area contributed by atoms with Crippen molar-refractivity contribution in [2.75, 3.05) is 13.9 Å². The summed E-state index contributed by atoms with van der Waals surface area (Å²) in [4.78, 5) is 36.9. The van der Waals surface area contributed by atoms with Gasteiger partial charge in [-0.1, -0.05) is 25.1 Å². The van der Waals surface area contributed by atoms with Crippen molar-refractivity contribution in [3.05, 3.63) is 48.3 Å². The van der Waals surface area contributed by atoms with E-state index in [4.69, 9.17) is 25.1 Å². The first kappa shape index (κ1) is 32.1. The average molecular weight is 597 g/mol. The zero-order chi connectivity index (χ0) is 31.2. The van der Waals surface area contributed by atoms with Crippen LogP contribution in [0.4, 0.5) is 0 Å². The van der Waals surface area contributed by atoms with E-state index in [9.17, 15) is 14.4 Å². The van der Waals surface area contributed by atoms with Crippen LogP contribution in [0.3, 0.4) is 0 Å². The Morgan fingerprint density at radius 1 is 1.09 bits per heavy atom. The number of pyridine rings is 1. The number of esters is 2. The Kier molecular flexibility index (Phi) is 10.2. The van der Waals surface area contributed by atoms with Gasteiger partial charge in [0.2, 0.25) is 6.79 Å². The van der Waals surface area contributed by atoms with E-state index in [1.807, 2.05) is 13.0 Å². The summed E-state index contributed by atoms with van der Waals surface area (Å²) >= 11 is 0. The number of amides is 1. The highest BCUT2D eigenvalue weighted by molar-refractivity contribution is 5.94. The molecule has 10 nitrogen and oxygen atoms in total. The number of aromatic nitrogens is 1. The molecule has 1 spiro atoms. The van der Waals surface area contributed by atoms with E-state index in [1.165, 1.54) is 64.8 Å². The highest BCUT2D eigenvalue weighted by Crippen LogP contribution is 2.79. The molecule has 6 atom stereocenters. The predicted octanol–water partition coefficient (Wildman–Crippen LogP) is 5.42. The number of phenolic OH excluding ortho intramolecular Hbond substituents is 1. The van der Waals surface area contributed by atoms with Crippen LogP contribution in [0, 0.1) is 28.6 Å². The van der Waals surface area contributed by atoms with Gasteiger partial charge in [-0.3, -0.25) is 14.4 Å². The number of ether oxygens (including phenoxy) is 4. The van der Waals surface area contributed by atoms with E-state index in [-0.39, 0.29) is 36.1 Å². The minimum atomic E-state index is -0.762. The van der Waals surface area contributed by atoms with Gasteiger partial charge in [0, 0.05) is 25.6 Å². The molecule has 0 radical (unpaired) electrons. The Balaban J connectivity index is 0.000000162. The molecule has 6 rings (SSSR count). The molecule has 0 saturated heterocycles. The van der Waals surface area contributed by atoms with Crippen LogP contribution in [0.5, 0.6) is 17.2 Å². The number of hydrogen-bond acceptors (Lipinski definition) is 9. The molecule has 43 heavy (non-hydrogen) atoms. The van der Waals surface area contributed by atoms with Crippen LogP contribution in [0.25, 0.3) is 0 Å². The quantitative estimate of drug-likeness (QED) is 0.286. The van der Waals surface area contributed by atoms with Gasteiger partial charge >= 0.3 is 11.9 Å². The highest BCUT2D eigenvalue weighted by Gasteiger charge is 2.70. The summed E-state index contributed by atoms with van der Waals surface area (Å²) in [6.45, 7) is 4.87. The molecule has 0 aliphatic heterocycles. The van der Waals surface area contributed by atoms with Crippen molar-refractivity contribution in [2.24, 2.45) is 34.3 Å². The fourth-order valence-electron chi connectivity index (χ4n) is 8.24. The fraction of sp³-hybridized carbons (Fsp3) is 0.576. The Hall–Kier alpha value is -3.82. The summed E-state index contributed by atoms with van der Waals surface area (Å²) in [5.41, 5.74) is 6.33. The number of primary amides is 1. The maximum atomic E-state index is 11.5. The summed E-state index contributed by atoms with van der Waals surface area (Å²) in [7, 11) is 1.40. The molecule has 4 fully saturated rings. The first-order valence-corrected chi connectivity index (χ1v) is 15.0. The molecule has 1 heterocycles. The summed E-state index contributed by atoms with van der Waals surface area (Å²) in [6.07, 6.45) is 12.0. The number of aromatic hydroxyl groups is 1. The molecule has 1 amide bonds. The molecule has 4 aliphatic carbocycles. The van der Waals surface area contributed by atoms with Gasteiger partial charge in [0.1, 0.15) is 5.75 Å². The standard InChI is InChI=1S/C17H26O2.C10H12N2O5.C6H6O/c1-3-15(18)19-11(2)6-16-7-12-4-13-5-14(9-16)17(13,8-12)10-16;1-6(13)16-5-17-9-7(15-2)3-4-12-8(9)10(11)14;7-6-4-2-1-3-5-6/h11-14H,3-10H2,1-2H3;3-4H,5H2,1-2H3,(H2,11,14);1-5,7H. The third-order valence-corrected chi connectivity index (χ3v) is 9.47. The lowest BCUT2D eigenvalue weighted by Gasteiger charge is -2.49. The average Bonchev–Trinajstić information content (AvgIpc) is 3.27. The van der Waals surface area contributed by atoms with Crippen LogP contribution < -0.4 is 15.2 Å². The Morgan fingerprint density at radius 3 is 2.44 bits per heavy atom. The number of nitrogens with zero attached hydrogens (tertiary/aromatic N) is 1. The molecule has 1 aromatic carbocycles. The van der Waals surface area contributed by atoms with Crippen LogP contribution >= 0.6 is 0 Å². The van der Waals surface area contributed by atoms with E-state index < -0.39 is 11.9 Å². The number of carbonyl (C=O) groups is 3. The van der Waals surface area contributed by atoms with Crippen molar-refractivity contribution < 1.29 is 38.4 Å². The minimum Gasteiger partial charge on any atom is -0.508 e. The molecule has 6 unspecified atom stereocenters. The predicted molar refractivity (Wildman–Crippen MR) is 158 cm³/mol. The summed E-state index contributed by atoms with van der Waals surface area (Å²) in [6, 6.07) is 10.2. The molecule has 4 saturated carbocycles. The van der Waals surface area contributed by atoms with Gasteiger partial charge in [0.05, 0.1) is 13.2 Å². The number of phenols is 1. The van der Waals surface area contributed by atoms with Crippen molar-refractivity contribution in [3.63, 3.8) is 0 Å². The Bertz CT molecular complexity index is 1280. The molecule has 3 N–H and O–H groups in total. The molecular formula is C33H44N2O8. The van der Waals surface area contributed by atoms with Crippen molar-refractivity contribution in [2.45, 2.75) is 78.2 Å².